The molecule has 88 valence electrons. The normalized spacial score (nSPS) is 31.4. The molecule has 2 amide bonds. The van der Waals surface area contributed by atoms with Crippen LogP contribution in [-0.2, 0) is 16.0 Å². The third kappa shape index (κ3) is 1.27. The third-order valence-electron chi connectivity index (χ3n) is 3.85. The second-order valence-corrected chi connectivity index (χ2v) is 4.72. The van der Waals surface area contributed by atoms with Crippen LogP contribution in [0.2, 0.25) is 0 Å². The fraction of sp³-hybridized carbons (Fsp3) is 0.385. The average molecular weight is 231 g/mol. The molecule has 1 aliphatic carbocycles. The number of imide groups is 1. The minimum absolute atomic E-state index is 0.173. The molecule has 2 aliphatic rings. The summed E-state index contributed by atoms with van der Waals surface area (Å²) in [5.41, 5.74) is 1.75. The maximum Gasteiger partial charge on any atom is 0.235 e. The van der Waals surface area contributed by atoms with E-state index in [2.05, 4.69) is 0 Å². The van der Waals surface area contributed by atoms with Gasteiger partial charge in [-0.1, -0.05) is 24.3 Å². The number of rotatable bonds is 0. The number of aliphatic hydroxyl groups excluding tert-OH is 1. The van der Waals surface area contributed by atoms with Crippen LogP contribution in [0, 0.1) is 11.8 Å². The number of aliphatic hydroxyl groups is 1. The Morgan fingerprint density at radius 2 is 1.94 bits per heavy atom. The monoisotopic (exact) mass is 231 g/mol. The molecule has 17 heavy (non-hydrogen) atoms. The standard InChI is InChI=1S/C13H13NO3/c1-14-12(16)9-6-7-4-2-3-5-8(7)11(15)10(9)13(14)17/h2-5,9-11,15H,6H2,1H3/t9-,10-,11-/m0/s1. The molecule has 0 saturated carbocycles. The van der Waals surface area contributed by atoms with E-state index in [4.69, 9.17) is 0 Å². The van der Waals surface area contributed by atoms with E-state index in [9.17, 15) is 14.7 Å². The molecule has 0 radical (unpaired) electrons. The van der Waals surface area contributed by atoms with Crippen molar-refractivity contribution in [1.29, 1.82) is 0 Å². The summed E-state index contributed by atoms with van der Waals surface area (Å²) in [6.45, 7) is 0. The SMILES string of the molecule is CN1C(=O)[C@H]2[C@H](Cc3ccccc3[C@@H]2O)C1=O. The summed E-state index contributed by atoms with van der Waals surface area (Å²) < 4.78 is 0. The summed E-state index contributed by atoms with van der Waals surface area (Å²) in [4.78, 5) is 25.0. The van der Waals surface area contributed by atoms with Crippen LogP contribution in [0.15, 0.2) is 24.3 Å². The lowest BCUT2D eigenvalue weighted by atomic mass is 9.75. The van der Waals surface area contributed by atoms with Gasteiger partial charge in [0.05, 0.1) is 17.9 Å². The highest BCUT2D eigenvalue weighted by Crippen LogP contribution is 2.43. The van der Waals surface area contributed by atoms with Crippen LogP contribution >= 0.6 is 0 Å². The molecule has 4 heteroatoms. The lowest BCUT2D eigenvalue weighted by molar-refractivity contribution is -0.138. The second-order valence-electron chi connectivity index (χ2n) is 4.72. The van der Waals surface area contributed by atoms with Gasteiger partial charge in [-0.15, -0.1) is 0 Å². The van der Waals surface area contributed by atoms with Gasteiger partial charge >= 0.3 is 0 Å². The van der Waals surface area contributed by atoms with Gasteiger partial charge in [-0.25, -0.2) is 0 Å². The minimum Gasteiger partial charge on any atom is -0.388 e. The smallest absolute Gasteiger partial charge is 0.235 e. The van der Waals surface area contributed by atoms with E-state index in [-0.39, 0.29) is 11.8 Å². The largest absolute Gasteiger partial charge is 0.388 e. The van der Waals surface area contributed by atoms with Crippen LogP contribution in [0.1, 0.15) is 17.2 Å². The third-order valence-corrected chi connectivity index (χ3v) is 3.85. The van der Waals surface area contributed by atoms with Crippen molar-refractivity contribution in [3.8, 4) is 0 Å². The first-order valence-electron chi connectivity index (χ1n) is 5.68. The number of carbonyl (C=O) groups is 2. The Morgan fingerprint density at radius 1 is 1.24 bits per heavy atom. The molecule has 1 heterocycles. The van der Waals surface area contributed by atoms with Gasteiger partial charge in [0, 0.05) is 7.05 Å². The lowest BCUT2D eigenvalue weighted by Gasteiger charge is -2.29. The summed E-state index contributed by atoms with van der Waals surface area (Å²) in [6.07, 6.45) is -0.307. The van der Waals surface area contributed by atoms with Gasteiger partial charge in [0.15, 0.2) is 0 Å². The van der Waals surface area contributed by atoms with Crippen LogP contribution in [0.5, 0.6) is 0 Å². The molecule has 3 atom stereocenters. The first kappa shape index (κ1) is 10.5. The topological polar surface area (TPSA) is 57.6 Å². The molecule has 0 bridgehead atoms. The fourth-order valence-corrected chi connectivity index (χ4v) is 2.92. The van der Waals surface area contributed by atoms with E-state index >= 15 is 0 Å². The zero-order valence-electron chi connectivity index (χ0n) is 9.46. The molecule has 1 aliphatic heterocycles. The molecule has 3 rings (SSSR count). The Hall–Kier alpha value is -1.68. The van der Waals surface area contributed by atoms with E-state index in [0.29, 0.717) is 6.42 Å². The van der Waals surface area contributed by atoms with Gasteiger partial charge in [0.2, 0.25) is 11.8 Å². The van der Waals surface area contributed by atoms with Crippen molar-refractivity contribution < 1.29 is 14.7 Å². The summed E-state index contributed by atoms with van der Waals surface area (Å²) in [5, 5.41) is 10.2. The number of fused-ring (bicyclic) bond motifs is 2. The van der Waals surface area contributed by atoms with Crippen molar-refractivity contribution in [2.24, 2.45) is 11.8 Å². The van der Waals surface area contributed by atoms with E-state index in [1.165, 1.54) is 7.05 Å². The minimum atomic E-state index is -0.855. The fourth-order valence-electron chi connectivity index (χ4n) is 2.92. The highest BCUT2D eigenvalue weighted by atomic mass is 16.3. The predicted molar refractivity (Wildman–Crippen MR) is 59.9 cm³/mol. The number of hydrogen-bond donors (Lipinski definition) is 1. The van der Waals surface area contributed by atoms with E-state index in [1.807, 2.05) is 24.3 Å². The highest BCUT2D eigenvalue weighted by Gasteiger charge is 2.52. The quantitative estimate of drug-likeness (QED) is 0.662. The molecule has 0 aromatic heterocycles. The zero-order chi connectivity index (χ0) is 12.2. The van der Waals surface area contributed by atoms with Crippen LogP contribution in [0.25, 0.3) is 0 Å². The molecular weight excluding hydrogens is 218 g/mol. The maximum absolute atomic E-state index is 11.9. The van der Waals surface area contributed by atoms with Crippen LogP contribution in [-0.4, -0.2) is 28.9 Å². The second kappa shape index (κ2) is 3.40. The predicted octanol–water partition coefficient (Wildman–Crippen LogP) is 0.507. The molecule has 1 saturated heterocycles. The molecule has 1 fully saturated rings. The highest BCUT2D eigenvalue weighted by molar-refractivity contribution is 6.05. The number of amides is 2. The molecular formula is C13H13NO3. The van der Waals surface area contributed by atoms with E-state index in [1.54, 1.807) is 0 Å². The van der Waals surface area contributed by atoms with Gasteiger partial charge in [-0.3, -0.25) is 14.5 Å². The van der Waals surface area contributed by atoms with Crippen molar-refractivity contribution in [1.82, 2.24) is 4.90 Å². The number of carbonyl (C=O) groups excluding carboxylic acids is 2. The van der Waals surface area contributed by atoms with Crippen LogP contribution in [0.4, 0.5) is 0 Å². The first-order chi connectivity index (χ1) is 8.11. The molecule has 0 spiro atoms. The summed E-state index contributed by atoms with van der Waals surface area (Å²) in [5.74, 6) is -1.42. The molecule has 4 nitrogen and oxygen atoms in total. The molecule has 1 N–H and O–H groups in total. The number of likely N-dealkylation sites (tertiary alicyclic amines) is 1. The first-order valence-corrected chi connectivity index (χ1v) is 5.68. The van der Waals surface area contributed by atoms with Crippen molar-refractivity contribution in [2.75, 3.05) is 7.05 Å². The number of hydrogen-bond acceptors (Lipinski definition) is 3. The van der Waals surface area contributed by atoms with Gasteiger partial charge < -0.3 is 5.11 Å². The number of nitrogens with zero attached hydrogens (tertiary/aromatic N) is 1. The Balaban J connectivity index is 2.10. The van der Waals surface area contributed by atoms with Crippen LogP contribution < -0.4 is 0 Å². The Morgan fingerprint density at radius 3 is 2.71 bits per heavy atom. The summed E-state index contributed by atoms with van der Waals surface area (Å²) in [6, 6.07) is 7.46. The summed E-state index contributed by atoms with van der Waals surface area (Å²) >= 11 is 0. The van der Waals surface area contributed by atoms with E-state index in [0.717, 1.165) is 16.0 Å². The lowest BCUT2D eigenvalue weighted by Crippen LogP contribution is -2.31. The van der Waals surface area contributed by atoms with Gasteiger partial charge in [-0.2, -0.15) is 0 Å². The van der Waals surface area contributed by atoms with Gasteiger partial charge in [-0.05, 0) is 17.5 Å². The van der Waals surface area contributed by atoms with E-state index < -0.39 is 17.9 Å². The Labute approximate surface area is 98.9 Å². The van der Waals surface area contributed by atoms with Crippen molar-refractivity contribution in [2.45, 2.75) is 12.5 Å². The van der Waals surface area contributed by atoms with Gasteiger partial charge in [0.1, 0.15) is 0 Å². The molecule has 1 aromatic carbocycles. The van der Waals surface area contributed by atoms with Gasteiger partial charge in [0.25, 0.3) is 0 Å². The van der Waals surface area contributed by atoms with Crippen LogP contribution in [0.3, 0.4) is 0 Å². The summed E-state index contributed by atoms with van der Waals surface area (Å²) in [7, 11) is 1.49. The average Bonchev–Trinajstić information content (AvgIpc) is 2.55. The number of benzene rings is 1. The zero-order valence-corrected chi connectivity index (χ0v) is 9.46. The van der Waals surface area contributed by atoms with Crippen molar-refractivity contribution >= 4 is 11.8 Å². The Bertz CT molecular complexity index is 511. The molecule has 1 aromatic rings. The maximum atomic E-state index is 11.9. The van der Waals surface area contributed by atoms with Crippen molar-refractivity contribution in [3.63, 3.8) is 0 Å². The Kier molecular flexibility index (Phi) is 2.10. The van der Waals surface area contributed by atoms with Crippen molar-refractivity contribution in [3.05, 3.63) is 35.4 Å². The molecule has 0 unspecified atom stereocenters.